The number of anilines is 2. The van der Waals surface area contributed by atoms with Crippen molar-refractivity contribution in [1.29, 1.82) is 0 Å². The van der Waals surface area contributed by atoms with Crippen LogP contribution in [0.1, 0.15) is 31.7 Å². The van der Waals surface area contributed by atoms with E-state index in [0.29, 0.717) is 0 Å². The fourth-order valence-corrected chi connectivity index (χ4v) is 4.23. The van der Waals surface area contributed by atoms with Gasteiger partial charge in [0.1, 0.15) is 0 Å². The number of rotatable bonds is 7. The van der Waals surface area contributed by atoms with Gasteiger partial charge < -0.3 is 9.80 Å². The smallest absolute Gasteiger partial charge is 0.0556 e. The molecular weight excluding hydrogens is 312 g/mol. The maximum absolute atomic E-state index is 2.50. The molecule has 1 aliphatic heterocycles. The molecule has 3 heteroatoms. The zero-order valence-corrected chi connectivity index (χ0v) is 15.9. The van der Waals surface area contributed by atoms with Crippen LogP contribution >= 0.6 is 11.8 Å². The van der Waals surface area contributed by atoms with Gasteiger partial charge in [0, 0.05) is 22.9 Å². The molecule has 0 atom stereocenters. The summed E-state index contributed by atoms with van der Waals surface area (Å²) in [6.07, 6.45) is 5.08. The number of likely N-dealkylation sites (N-methyl/N-ethyl adjacent to an activating group) is 1. The summed E-state index contributed by atoms with van der Waals surface area (Å²) in [4.78, 5) is 7.51. The molecule has 0 aliphatic carbocycles. The first-order valence-electron chi connectivity index (χ1n) is 9.01. The third-order valence-electron chi connectivity index (χ3n) is 4.53. The molecule has 0 saturated carbocycles. The quantitative estimate of drug-likeness (QED) is 0.607. The van der Waals surface area contributed by atoms with E-state index in [1.165, 1.54) is 52.4 Å². The largest absolute Gasteiger partial charge is 0.338 e. The predicted molar refractivity (Wildman–Crippen MR) is 106 cm³/mol. The number of aryl methyl sites for hydroxylation is 1. The van der Waals surface area contributed by atoms with Gasteiger partial charge in [-0.05, 0) is 56.8 Å². The van der Waals surface area contributed by atoms with Crippen LogP contribution in [0.4, 0.5) is 11.4 Å². The molecule has 24 heavy (non-hydrogen) atoms. The first kappa shape index (κ1) is 17.4. The summed E-state index contributed by atoms with van der Waals surface area (Å²) in [5.41, 5.74) is 4.20. The van der Waals surface area contributed by atoms with Gasteiger partial charge in [0.25, 0.3) is 0 Å². The van der Waals surface area contributed by atoms with E-state index in [0.717, 1.165) is 13.1 Å². The second-order valence-corrected chi connectivity index (χ2v) is 7.87. The molecule has 0 spiro atoms. The molecule has 2 aromatic rings. The van der Waals surface area contributed by atoms with Gasteiger partial charge in [-0.25, -0.2) is 0 Å². The molecule has 1 aliphatic rings. The van der Waals surface area contributed by atoms with Crippen molar-refractivity contribution in [2.75, 3.05) is 32.1 Å². The molecule has 2 aromatic carbocycles. The Morgan fingerprint density at radius 2 is 1.75 bits per heavy atom. The molecule has 0 amide bonds. The molecule has 0 aromatic heterocycles. The lowest BCUT2D eigenvalue weighted by Gasteiger charge is -2.34. The normalized spacial score (nSPS) is 13.1. The summed E-state index contributed by atoms with van der Waals surface area (Å²) < 4.78 is 0. The number of benzene rings is 2. The lowest BCUT2D eigenvalue weighted by atomic mass is 10.1. The highest BCUT2D eigenvalue weighted by Gasteiger charge is 2.23. The molecule has 2 nitrogen and oxygen atoms in total. The van der Waals surface area contributed by atoms with E-state index < -0.39 is 0 Å². The predicted octanol–water partition coefficient (Wildman–Crippen LogP) is 5.58. The van der Waals surface area contributed by atoms with Gasteiger partial charge in [-0.1, -0.05) is 49.7 Å². The molecular formula is C21H28N2S. The lowest BCUT2D eigenvalue weighted by molar-refractivity contribution is 0.418. The Labute approximate surface area is 150 Å². The average molecular weight is 341 g/mol. The molecule has 128 valence electrons. The third-order valence-corrected chi connectivity index (χ3v) is 5.66. The van der Waals surface area contributed by atoms with Gasteiger partial charge in [-0.3, -0.25) is 0 Å². The van der Waals surface area contributed by atoms with Crippen molar-refractivity contribution in [3.63, 3.8) is 0 Å². The maximum Gasteiger partial charge on any atom is 0.0556 e. The van der Waals surface area contributed by atoms with Crippen molar-refractivity contribution in [1.82, 2.24) is 4.90 Å². The van der Waals surface area contributed by atoms with Crippen molar-refractivity contribution < 1.29 is 0 Å². The molecule has 1 heterocycles. The van der Waals surface area contributed by atoms with Crippen molar-refractivity contribution in [2.45, 2.75) is 42.4 Å². The molecule has 0 radical (unpaired) electrons. The number of nitrogens with zero attached hydrogens (tertiary/aromatic N) is 2. The van der Waals surface area contributed by atoms with Crippen LogP contribution in [0, 0.1) is 0 Å². The topological polar surface area (TPSA) is 6.48 Å². The zero-order valence-electron chi connectivity index (χ0n) is 15.1. The van der Waals surface area contributed by atoms with Gasteiger partial charge in [-0.2, -0.15) is 0 Å². The Balaban J connectivity index is 1.90. The summed E-state index contributed by atoms with van der Waals surface area (Å²) >= 11 is 1.90. The van der Waals surface area contributed by atoms with Crippen molar-refractivity contribution in [3.8, 4) is 0 Å². The monoisotopic (exact) mass is 340 g/mol. The number of fused-ring (bicyclic) bond motifs is 2. The van der Waals surface area contributed by atoms with Crippen LogP contribution in [0.15, 0.2) is 52.3 Å². The van der Waals surface area contributed by atoms with Gasteiger partial charge >= 0.3 is 0 Å². The maximum atomic E-state index is 2.50. The van der Waals surface area contributed by atoms with Crippen molar-refractivity contribution in [3.05, 3.63) is 48.0 Å². The second-order valence-electron chi connectivity index (χ2n) is 6.78. The molecule has 0 unspecified atom stereocenters. The summed E-state index contributed by atoms with van der Waals surface area (Å²) in [5.74, 6) is 0. The second kappa shape index (κ2) is 8.09. The van der Waals surface area contributed by atoms with Crippen LogP contribution in [0.5, 0.6) is 0 Å². The number of hydrogen-bond acceptors (Lipinski definition) is 3. The summed E-state index contributed by atoms with van der Waals surface area (Å²) in [6.45, 7) is 4.35. The standard InChI is InChI=1S/C21H28N2S/c1-4-5-6-9-17-12-13-21-19(16-17)23(15-14-22(2)3)18-10-7-8-11-20(18)24-21/h7-8,10-13,16H,4-6,9,14-15H2,1-3H3. The number of hydrogen-bond donors (Lipinski definition) is 0. The van der Waals surface area contributed by atoms with Crippen LogP contribution in [-0.4, -0.2) is 32.1 Å². The lowest BCUT2D eigenvalue weighted by Crippen LogP contribution is -2.30. The molecule has 0 bridgehead atoms. The zero-order chi connectivity index (χ0) is 16.9. The van der Waals surface area contributed by atoms with E-state index in [2.05, 4.69) is 73.3 Å². The fourth-order valence-electron chi connectivity index (χ4n) is 3.15. The minimum atomic E-state index is 1.02. The van der Waals surface area contributed by atoms with Gasteiger partial charge in [0.15, 0.2) is 0 Å². The molecule has 0 saturated heterocycles. The minimum absolute atomic E-state index is 1.02. The third kappa shape index (κ3) is 3.96. The van der Waals surface area contributed by atoms with Gasteiger partial charge in [0.2, 0.25) is 0 Å². The van der Waals surface area contributed by atoms with E-state index in [1.54, 1.807) is 0 Å². The van der Waals surface area contributed by atoms with E-state index in [-0.39, 0.29) is 0 Å². The number of para-hydroxylation sites is 1. The first-order chi connectivity index (χ1) is 11.7. The highest BCUT2D eigenvalue weighted by atomic mass is 32.2. The summed E-state index contributed by atoms with van der Waals surface area (Å²) in [5, 5.41) is 0. The fraction of sp³-hybridized carbons (Fsp3) is 0.429. The Morgan fingerprint density at radius 1 is 0.958 bits per heavy atom. The number of unbranched alkanes of at least 4 members (excludes halogenated alkanes) is 2. The van der Waals surface area contributed by atoms with Crippen LogP contribution in [0.25, 0.3) is 0 Å². The minimum Gasteiger partial charge on any atom is -0.338 e. The Bertz CT molecular complexity index is 681. The van der Waals surface area contributed by atoms with Crippen LogP contribution < -0.4 is 4.90 Å². The SMILES string of the molecule is CCCCCc1ccc2c(c1)N(CCN(C)C)c1ccccc1S2. The average Bonchev–Trinajstić information content (AvgIpc) is 2.59. The van der Waals surface area contributed by atoms with E-state index in [4.69, 9.17) is 0 Å². The van der Waals surface area contributed by atoms with Crippen LogP contribution in [0.2, 0.25) is 0 Å². The summed E-state index contributed by atoms with van der Waals surface area (Å²) in [6, 6.07) is 15.8. The molecule has 0 fully saturated rings. The van der Waals surface area contributed by atoms with Crippen LogP contribution in [0.3, 0.4) is 0 Å². The van der Waals surface area contributed by atoms with Crippen LogP contribution in [-0.2, 0) is 6.42 Å². The Morgan fingerprint density at radius 3 is 2.54 bits per heavy atom. The van der Waals surface area contributed by atoms with Gasteiger partial charge in [-0.15, -0.1) is 0 Å². The summed E-state index contributed by atoms with van der Waals surface area (Å²) in [7, 11) is 4.29. The first-order valence-corrected chi connectivity index (χ1v) is 9.82. The Kier molecular flexibility index (Phi) is 5.85. The highest BCUT2D eigenvalue weighted by Crippen LogP contribution is 2.48. The Hall–Kier alpha value is -1.45. The molecule has 0 N–H and O–H groups in total. The van der Waals surface area contributed by atoms with E-state index >= 15 is 0 Å². The van der Waals surface area contributed by atoms with Crippen molar-refractivity contribution in [2.24, 2.45) is 0 Å². The highest BCUT2D eigenvalue weighted by molar-refractivity contribution is 7.99. The van der Waals surface area contributed by atoms with Gasteiger partial charge in [0.05, 0.1) is 11.4 Å². The van der Waals surface area contributed by atoms with E-state index in [9.17, 15) is 0 Å². The molecule has 3 rings (SSSR count). The van der Waals surface area contributed by atoms with Crippen molar-refractivity contribution >= 4 is 23.1 Å². The van der Waals surface area contributed by atoms with E-state index in [1.807, 2.05) is 11.8 Å².